The Morgan fingerprint density at radius 2 is 1.45 bits per heavy atom. The minimum Gasteiger partial charge on any atom is -0.336 e. The average Bonchev–Trinajstić information content (AvgIpc) is 3.29. The van der Waals surface area contributed by atoms with E-state index in [4.69, 9.17) is 0 Å². The number of para-hydroxylation sites is 1. The van der Waals surface area contributed by atoms with Gasteiger partial charge < -0.3 is 4.90 Å². The van der Waals surface area contributed by atoms with Crippen LogP contribution in [0.15, 0.2) is 72.4 Å². The number of hydrogen-bond donors (Lipinski definition) is 0. The zero-order valence-electron chi connectivity index (χ0n) is 18.0. The van der Waals surface area contributed by atoms with Crippen LogP contribution in [-0.2, 0) is 16.0 Å². The SMILES string of the molecule is Cc1ccc(C2=C(N3CCc4ccccc43)C(=O)N(c3cc(C)ccc3C)C2=O)cc1. The summed E-state index contributed by atoms with van der Waals surface area (Å²) in [4.78, 5) is 31.0. The lowest BCUT2D eigenvalue weighted by molar-refractivity contribution is -0.120. The molecule has 0 atom stereocenters. The molecule has 0 radical (unpaired) electrons. The summed E-state index contributed by atoms with van der Waals surface area (Å²) in [5, 5.41) is 0. The predicted octanol–water partition coefficient (Wildman–Crippen LogP) is 4.96. The van der Waals surface area contributed by atoms with E-state index in [2.05, 4.69) is 6.07 Å². The summed E-state index contributed by atoms with van der Waals surface area (Å²) in [6, 6.07) is 21.8. The molecule has 0 unspecified atom stereocenters. The van der Waals surface area contributed by atoms with Crippen molar-refractivity contribution < 1.29 is 9.59 Å². The Morgan fingerprint density at radius 1 is 0.742 bits per heavy atom. The Labute approximate surface area is 182 Å². The van der Waals surface area contributed by atoms with Crippen LogP contribution in [0.3, 0.4) is 0 Å². The summed E-state index contributed by atoms with van der Waals surface area (Å²) in [5.74, 6) is -0.520. The number of imide groups is 1. The Balaban J connectivity index is 1.71. The van der Waals surface area contributed by atoms with Crippen LogP contribution in [0.1, 0.15) is 27.8 Å². The van der Waals surface area contributed by atoms with Gasteiger partial charge in [-0.1, -0.05) is 60.2 Å². The molecule has 0 aliphatic carbocycles. The molecule has 5 rings (SSSR count). The number of benzene rings is 3. The molecule has 0 spiro atoms. The van der Waals surface area contributed by atoms with Gasteiger partial charge in [-0.15, -0.1) is 0 Å². The summed E-state index contributed by atoms with van der Waals surface area (Å²) in [5.41, 5.74) is 7.60. The van der Waals surface area contributed by atoms with Crippen molar-refractivity contribution in [2.24, 2.45) is 0 Å². The smallest absolute Gasteiger partial charge is 0.282 e. The molecular formula is C27H24N2O2. The van der Waals surface area contributed by atoms with Crippen molar-refractivity contribution in [1.29, 1.82) is 0 Å². The number of nitrogens with zero attached hydrogens (tertiary/aromatic N) is 2. The van der Waals surface area contributed by atoms with Crippen LogP contribution in [0.4, 0.5) is 11.4 Å². The Hall–Kier alpha value is -3.66. The van der Waals surface area contributed by atoms with Crippen LogP contribution in [0.25, 0.3) is 5.57 Å². The highest BCUT2D eigenvalue weighted by molar-refractivity contribution is 6.46. The maximum absolute atomic E-state index is 13.8. The quantitative estimate of drug-likeness (QED) is 0.575. The molecule has 31 heavy (non-hydrogen) atoms. The molecule has 0 aromatic heterocycles. The number of hydrogen-bond acceptors (Lipinski definition) is 3. The van der Waals surface area contributed by atoms with E-state index in [0.29, 0.717) is 23.5 Å². The first-order valence-corrected chi connectivity index (χ1v) is 10.6. The van der Waals surface area contributed by atoms with Crippen molar-refractivity contribution in [1.82, 2.24) is 0 Å². The molecule has 3 aromatic carbocycles. The molecule has 0 N–H and O–H groups in total. The molecule has 0 bridgehead atoms. The fraction of sp³-hybridized carbons (Fsp3) is 0.185. The van der Waals surface area contributed by atoms with Gasteiger partial charge >= 0.3 is 0 Å². The van der Waals surface area contributed by atoms with Crippen molar-refractivity contribution in [2.45, 2.75) is 27.2 Å². The average molecular weight is 409 g/mol. The number of carbonyl (C=O) groups excluding carboxylic acids is 2. The van der Waals surface area contributed by atoms with E-state index >= 15 is 0 Å². The normalized spacial score (nSPS) is 15.8. The molecule has 154 valence electrons. The van der Waals surface area contributed by atoms with Crippen LogP contribution < -0.4 is 9.80 Å². The van der Waals surface area contributed by atoms with Crippen LogP contribution >= 0.6 is 0 Å². The van der Waals surface area contributed by atoms with E-state index < -0.39 is 0 Å². The van der Waals surface area contributed by atoms with Gasteiger partial charge in [0.05, 0.1) is 11.3 Å². The third-order valence-electron chi connectivity index (χ3n) is 6.16. The van der Waals surface area contributed by atoms with Gasteiger partial charge in [-0.2, -0.15) is 0 Å². The predicted molar refractivity (Wildman–Crippen MR) is 124 cm³/mol. The summed E-state index contributed by atoms with van der Waals surface area (Å²) < 4.78 is 0. The third kappa shape index (κ3) is 3.07. The van der Waals surface area contributed by atoms with Gasteiger partial charge in [-0.3, -0.25) is 9.59 Å². The van der Waals surface area contributed by atoms with Gasteiger partial charge in [0.1, 0.15) is 5.70 Å². The molecule has 2 aliphatic rings. The van der Waals surface area contributed by atoms with E-state index in [-0.39, 0.29) is 11.8 Å². The topological polar surface area (TPSA) is 40.6 Å². The molecule has 2 heterocycles. The zero-order chi connectivity index (χ0) is 21.7. The standard InChI is InChI=1S/C27H24N2O2/c1-17-9-12-21(13-10-17)24-25(28-15-14-20-6-4-5-7-22(20)28)27(31)29(26(24)30)23-16-18(2)8-11-19(23)3/h4-13,16H,14-15H2,1-3H3. The first-order chi connectivity index (χ1) is 15.0. The van der Waals surface area contributed by atoms with Crippen LogP contribution in [-0.4, -0.2) is 18.4 Å². The van der Waals surface area contributed by atoms with Crippen LogP contribution in [0.5, 0.6) is 0 Å². The molecule has 0 fully saturated rings. The number of amides is 2. The fourth-order valence-electron chi connectivity index (χ4n) is 4.50. The lowest BCUT2D eigenvalue weighted by Crippen LogP contribution is -2.35. The van der Waals surface area contributed by atoms with Gasteiger partial charge in [0.25, 0.3) is 11.8 Å². The highest BCUT2D eigenvalue weighted by atomic mass is 16.2. The molecule has 2 amide bonds. The number of anilines is 2. The molecular weight excluding hydrogens is 384 g/mol. The second-order valence-electron chi connectivity index (χ2n) is 8.36. The first-order valence-electron chi connectivity index (χ1n) is 10.6. The largest absolute Gasteiger partial charge is 0.336 e. The minimum atomic E-state index is -0.262. The van der Waals surface area contributed by atoms with Crippen molar-refractivity contribution in [3.63, 3.8) is 0 Å². The summed E-state index contributed by atoms with van der Waals surface area (Å²) in [6.07, 6.45) is 0.853. The molecule has 4 nitrogen and oxygen atoms in total. The summed E-state index contributed by atoms with van der Waals surface area (Å²) in [7, 11) is 0. The maximum Gasteiger partial charge on any atom is 0.282 e. The molecule has 0 saturated heterocycles. The molecule has 4 heteroatoms. The third-order valence-corrected chi connectivity index (χ3v) is 6.16. The van der Waals surface area contributed by atoms with Crippen molar-refractivity contribution in [2.75, 3.05) is 16.3 Å². The van der Waals surface area contributed by atoms with Crippen molar-refractivity contribution in [3.8, 4) is 0 Å². The molecule has 2 aliphatic heterocycles. The van der Waals surface area contributed by atoms with Gasteiger partial charge in [0, 0.05) is 12.2 Å². The van der Waals surface area contributed by atoms with E-state index in [0.717, 1.165) is 34.4 Å². The van der Waals surface area contributed by atoms with Crippen molar-refractivity contribution >= 4 is 28.8 Å². The Bertz CT molecular complexity index is 1250. The van der Waals surface area contributed by atoms with Gasteiger partial charge in [0.2, 0.25) is 0 Å². The highest BCUT2D eigenvalue weighted by Crippen LogP contribution is 2.40. The Kier molecular flexibility index (Phi) is 4.51. The van der Waals surface area contributed by atoms with Crippen LogP contribution in [0.2, 0.25) is 0 Å². The summed E-state index contributed by atoms with van der Waals surface area (Å²) >= 11 is 0. The lowest BCUT2D eigenvalue weighted by atomic mass is 10.0. The monoisotopic (exact) mass is 408 g/mol. The van der Waals surface area contributed by atoms with Crippen molar-refractivity contribution in [3.05, 3.63) is 100 Å². The van der Waals surface area contributed by atoms with Gasteiger partial charge in [-0.05, 0) is 61.6 Å². The van der Waals surface area contributed by atoms with E-state index in [9.17, 15) is 9.59 Å². The highest BCUT2D eigenvalue weighted by Gasteiger charge is 2.44. The summed E-state index contributed by atoms with van der Waals surface area (Å²) in [6.45, 7) is 6.60. The van der Waals surface area contributed by atoms with E-state index in [1.807, 2.05) is 86.3 Å². The van der Waals surface area contributed by atoms with Gasteiger partial charge in [-0.25, -0.2) is 4.90 Å². The first kappa shape index (κ1) is 19.3. The number of carbonyl (C=O) groups is 2. The number of fused-ring (bicyclic) bond motifs is 1. The fourth-order valence-corrected chi connectivity index (χ4v) is 4.50. The zero-order valence-corrected chi connectivity index (χ0v) is 18.0. The maximum atomic E-state index is 13.8. The second kappa shape index (κ2) is 7.24. The van der Waals surface area contributed by atoms with E-state index in [1.54, 1.807) is 0 Å². The Morgan fingerprint density at radius 3 is 2.23 bits per heavy atom. The second-order valence-corrected chi connectivity index (χ2v) is 8.36. The van der Waals surface area contributed by atoms with Gasteiger partial charge in [0.15, 0.2) is 0 Å². The minimum absolute atomic E-state index is 0.258. The molecule has 3 aromatic rings. The van der Waals surface area contributed by atoms with Crippen LogP contribution in [0, 0.1) is 20.8 Å². The lowest BCUT2D eigenvalue weighted by Gasteiger charge is -2.22. The number of aryl methyl sites for hydroxylation is 3. The van der Waals surface area contributed by atoms with E-state index in [1.165, 1.54) is 10.5 Å². The molecule has 0 saturated carbocycles. The number of rotatable bonds is 3.